The van der Waals surface area contributed by atoms with Crippen molar-refractivity contribution in [2.24, 2.45) is 0 Å². The Labute approximate surface area is 92.1 Å². The number of benzene rings is 1. The van der Waals surface area contributed by atoms with Gasteiger partial charge in [0, 0.05) is 10.9 Å². The summed E-state index contributed by atoms with van der Waals surface area (Å²) in [6.07, 6.45) is 1.95. The van der Waals surface area contributed by atoms with Crippen LogP contribution in [0.4, 0.5) is 0 Å². The summed E-state index contributed by atoms with van der Waals surface area (Å²) >= 11 is 0. The van der Waals surface area contributed by atoms with Gasteiger partial charge in [0.25, 0.3) is 0 Å². The van der Waals surface area contributed by atoms with Gasteiger partial charge in [0.15, 0.2) is 5.78 Å². The fourth-order valence-electron chi connectivity index (χ4n) is 1.91. The third-order valence-corrected chi connectivity index (χ3v) is 2.75. The molecule has 0 spiro atoms. The van der Waals surface area contributed by atoms with E-state index in [1.165, 1.54) is 6.08 Å². The Hall–Kier alpha value is -2.00. The van der Waals surface area contributed by atoms with E-state index < -0.39 is 6.10 Å². The number of pyridine rings is 1. The van der Waals surface area contributed by atoms with Gasteiger partial charge in [-0.3, -0.25) is 4.79 Å². The van der Waals surface area contributed by atoms with Gasteiger partial charge in [-0.05, 0) is 24.3 Å². The molecule has 0 aliphatic heterocycles. The summed E-state index contributed by atoms with van der Waals surface area (Å²) in [7, 11) is 0. The standard InChI is InChI=1S/C13H9NO2/c15-12-6-5-11-9(13(12)16)7-8-3-1-2-4-10(8)14-11/h1-7,13,16H. The number of aliphatic hydroxyl groups is 1. The highest BCUT2D eigenvalue weighted by atomic mass is 16.3. The maximum Gasteiger partial charge on any atom is 0.188 e. The largest absolute Gasteiger partial charge is 0.380 e. The van der Waals surface area contributed by atoms with Crippen molar-refractivity contribution in [1.29, 1.82) is 0 Å². The van der Waals surface area contributed by atoms with E-state index in [4.69, 9.17) is 0 Å². The van der Waals surface area contributed by atoms with E-state index in [-0.39, 0.29) is 5.78 Å². The first-order chi connectivity index (χ1) is 7.75. The number of carbonyl (C=O) groups is 1. The Balaban J connectivity index is 2.33. The Bertz CT molecular complexity index is 616. The number of para-hydroxylation sites is 1. The van der Waals surface area contributed by atoms with E-state index in [2.05, 4.69) is 4.98 Å². The molecular formula is C13H9NO2. The lowest BCUT2D eigenvalue weighted by molar-refractivity contribution is -0.122. The quantitative estimate of drug-likeness (QED) is 0.723. The molecule has 0 fully saturated rings. The van der Waals surface area contributed by atoms with Crippen LogP contribution in [0.15, 0.2) is 36.4 Å². The molecular weight excluding hydrogens is 202 g/mol. The second-order valence-electron chi connectivity index (χ2n) is 3.79. The van der Waals surface area contributed by atoms with Crippen LogP contribution in [-0.2, 0) is 4.79 Å². The Morgan fingerprint density at radius 2 is 2.00 bits per heavy atom. The first kappa shape index (κ1) is 9.24. The zero-order valence-corrected chi connectivity index (χ0v) is 8.42. The SMILES string of the molecule is O=C1C=Cc2nc3ccccc3cc2C1O. The summed E-state index contributed by atoms with van der Waals surface area (Å²) < 4.78 is 0. The van der Waals surface area contributed by atoms with Crippen molar-refractivity contribution in [3.63, 3.8) is 0 Å². The third-order valence-electron chi connectivity index (χ3n) is 2.75. The first-order valence-electron chi connectivity index (χ1n) is 5.05. The van der Waals surface area contributed by atoms with Crippen molar-refractivity contribution in [2.75, 3.05) is 0 Å². The number of nitrogens with zero attached hydrogens (tertiary/aromatic N) is 1. The van der Waals surface area contributed by atoms with Crippen molar-refractivity contribution < 1.29 is 9.90 Å². The highest BCUT2D eigenvalue weighted by Crippen LogP contribution is 2.27. The molecule has 1 heterocycles. The maximum atomic E-state index is 11.3. The molecule has 1 aliphatic rings. The van der Waals surface area contributed by atoms with Crippen LogP contribution in [0.5, 0.6) is 0 Å². The number of aromatic nitrogens is 1. The lowest BCUT2D eigenvalue weighted by atomic mass is 9.96. The highest BCUT2D eigenvalue weighted by Gasteiger charge is 2.22. The molecule has 3 nitrogen and oxygen atoms in total. The minimum absolute atomic E-state index is 0.287. The molecule has 0 bridgehead atoms. The normalized spacial score (nSPS) is 18.8. The molecule has 2 aromatic rings. The molecule has 1 N–H and O–H groups in total. The number of carbonyl (C=O) groups excluding carboxylic acids is 1. The number of aliphatic hydroxyl groups excluding tert-OH is 1. The predicted octanol–water partition coefficient (Wildman–Crippen LogP) is 1.86. The molecule has 0 saturated carbocycles. The third kappa shape index (κ3) is 1.26. The minimum atomic E-state index is -1.07. The van der Waals surface area contributed by atoms with Gasteiger partial charge in [0.1, 0.15) is 6.10 Å². The van der Waals surface area contributed by atoms with Crippen molar-refractivity contribution >= 4 is 22.8 Å². The van der Waals surface area contributed by atoms with E-state index in [1.54, 1.807) is 6.08 Å². The molecule has 1 aromatic carbocycles. The van der Waals surface area contributed by atoms with Crippen molar-refractivity contribution in [2.45, 2.75) is 6.10 Å². The van der Waals surface area contributed by atoms with E-state index in [0.717, 1.165) is 10.9 Å². The Morgan fingerprint density at radius 1 is 1.19 bits per heavy atom. The van der Waals surface area contributed by atoms with Crippen LogP contribution in [-0.4, -0.2) is 15.9 Å². The van der Waals surface area contributed by atoms with Crippen molar-refractivity contribution in [3.8, 4) is 0 Å². The molecule has 1 aliphatic carbocycles. The summed E-state index contributed by atoms with van der Waals surface area (Å²) in [5.74, 6) is -0.287. The summed E-state index contributed by atoms with van der Waals surface area (Å²) in [5, 5.41) is 10.7. The average Bonchev–Trinajstić information content (AvgIpc) is 2.32. The van der Waals surface area contributed by atoms with Crippen LogP contribution in [0, 0.1) is 0 Å². The second kappa shape index (κ2) is 3.25. The van der Waals surface area contributed by atoms with E-state index in [9.17, 15) is 9.90 Å². The Kier molecular flexibility index (Phi) is 1.88. The lowest BCUT2D eigenvalue weighted by Crippen LogP contribution is -2.14. The Morgan fingerprint density at radius 3 is 2.88 bits per heavy atom. The van der Waals surface area contributed by atoms with Crippen LogP contribution >= 0.6 is 0 Å². The second-order valence-corrected chi connectivity index (χ2v) is 3.79. The molecule has 16 heavy (non-hydrogen) atoms. The van der Waals surface area contributed by atoms with Gasteiger partial charge in [-0.1, -0.05) is 18.2 Å². The molecule has 3 heteroatoms. The molecule has 0 amide bonds. The van der Waals surface area contributed by atoms with Crippen LogP contribution in [0.2, 0.25) is 0 Å². The van der Waals surface area contributed by atoms with Gasteiger partial charge < -0.3 is 5.11 Å². The average molecular weight is 211 g/mol. The minimum Gasteiger partial charge on any atom is -0.380 e. The predicted molar refractivity (Wildman–Crippen MR) is 60.7 cm³/mol. The molecule has 0 radical (unpaired) electrons. The van der Waals surface area contributed by atoms with Crippen LogP contribution in [0.1, 0.15) is 17.4 Å². The number of ketones is 1. The van der Waals surface area contributed by atoms with Crippen LogP contribution in [0.3, 0.4) is 0 Å². The van der Waals surface area contributed by atoms with Crippen molar-refractivity contribution in [3.05, 3.63) is 47.7 Å². The van der Waals surface area contributed by atoms with Crippen molar-refractivity contribution in [1.82, 2.24) is 4.98 Å². The topological polar surface area (TPSA) is 50.2 Å². The fraction of sp³-hybridized carbons (Fsp3) is 0.0769. The zero-order valence-electron chi connectivity index (χ0n) is 8.42. The smallest absolute Gasteiger partial charge is 0.188 e. The lowest BCUT2D eigenvalue weighted by Gasteiger charge is -2.15. The molecule has 78 valence electrons. The van der Waals surface area contributed by atoms with E-state index >= 15 is 0 Å². The van der Waals surface area contributed by atoms with Crippen LogP contribution in [0.25, 0.3) is 17.0 Å². The zero-order chi connectivity index (χ0) is 11.1. The van der Waals surface area contributed by atoms with Gasteiger partial charge in [0.05, 0.1) is 11.2 Å². The molecule has 1 atom stereocenters. The molecule has 1 aromatic heterocycles. The molecule has 1 unspecified atom stereocenters. The number of hydrogen-bond acceptors (Lipinski definition) is 3. The van der Waals surface area contributed by atoms with Gasteiger partial charge in [0.2, 0.25) is 0 Å². The summed E-state index contributed by atoms with van der Waals surface area (Å²) in [6, 6.07) is 9.47. The first-order valence-corrected chi connectivity index (χ1v) is 5.05. The summed E-state index contributed by atoms with van der Waals surface area (Å²) in [6.45, 7) is 0. The van der Waals surface area contributed by atoms with E-state index in [0.29, 0.717) is 11.3 Å². The molecule has 3 rings (SSSR count). The number of rotatable bonds is 0. The van der Waals surface area contributed by atoms with Gasteiger partial charge in [-0.15, -0.1) is 0 Å². The summed E-state index contributed by atoms with van der Waals surface area (Å²) in [4.78, 5) is 15.7. The van der Waals surface area contributed by atoms with Gasteiger partial charge >= 0.3 is 0 Å². The van der Waals surface area contributed by atoms with Crippen LogP contribution < -0.4 is 0 Å². The van der Waals surface area contributed by atoms with Gasteiger partial charge in [-0.25, -0.2) is 4.98 Å². The highest BCUT2D eigenvalue weighted by molar-refractivity contribution is 6.01. The van der Waals surface area contributed by atoms with E-state index in [1.807, 2.05) is 30.3 Å². The maximum absolute atomic E-state index is 11.3. The molecule has 0 saturated heterocycles. The fourth-order valence-corrected chi connectivity index (χ4v) is 1.91. The summed E-state index contributed by atoms with van der Waals surface area (Å²) in [5.41, 5.74) is 2.13. The van der Waals surface area contributed by atoms with Gasteiger partial charge in [-0.2, -0.15) is 0 Å². The number of fused-ring (bicyclic) bond motifs is 2. The monoisotopic (exact) mass is 211 g/mol. The number of hydrogen-bond donors (Lipinski definition) is 1.